The van der Waals surface area contributed by atoms with Gasteiger partial charge in [0.1, 0.15) is 5.76 Å². The quantitative estimate of drug-likeness (QED) is 0.690. The molecule has 1 fully saturated rings. The topological polar surface area (TPSA) is 87.0 Å². The molecule has 0 aliphatic carbocycles. The van der Waals surface area contributed by atoms with Gasteiger partial charge in [-0.1, -0.05) is 11.2 Å². The second kappa shape index (κ2) is 8.87. The predicted molar refractivity (Wildman–Crippen MR) is 114 cm³/mol. The van der Waals surface area contributed by atoms with E-state index in [0.717, 1.165) is 28.1 Å². The number of piperazine rings is 1. The van der Waals surface area contributed by atoms with Gasteiger partial charge in [0.05, 0.1) is 17.1 Å². The Morgan fingerprint density at radius 3 is 2.33 bits per heavy atom. The fourth-order valence-electron chi connectivity index (χ4n) is 3.59. The number of amides is 1. The second-order valence-corrected chi connectivity index (χ2v) is 9.94. The maximum atomic E-state index is 12.9. The zero-order chi connectivity index (χ0) is 22.1. The first-order chi connectivity index (χ1) is 14.1. The third-order valence-electron chi connectivity index (χ3n) is 5.72. The Balaban J connectivity index is 1.56. The minimum Gasteiger partial charge on any atom is -0.361 e. The molecule has 164 valence electrons. The predicted octanol–water partition coefficient (Wildman–Crippen LogP) is 1.87. The number of benzene rings is 1. The Kier molecular flexibility index (Phi) is 6.64. The molecular weight excluding hydrogens is 404 g/mol. The summed E-state index contributed by atoms with van der Waals surface area (Å²) in [6.07, 6.45) is 0. The molecule has 1 aromatic carbocycles. The van der Waals surface area contributed by atoms with Crippen LogP contribution in [0.5, 0.6) is 0 Å². The lowest BCUT2D eigenvalue weighted by Crippen LogP contribution is -2.52. The number of nitrogens with zero attached hydrogens (tertiary/aromatic N) is 4. The first kappa shape index (κ1) is 22.5. The fraction of sp³-hybridized carbons (Fsp3) is 0.524. The minimum absolute atomic E-state index is 0.00696. The number of aryl methyl sites for hydroxylation is 4. The average molecular weight is 435 g/mol. The first-order valence-corrected chi connectivity index (χ1v) is 11.5. The molecule has 3 rings (SSSR count). The van der Waals surface area contributed by atoms with E-state index in [1.54, 1.807) is 17.0 Å². The highest BCUT2D eigenvalue weighted by Crippen LogP contribution is 2.21. The summed E-state index contributed by atoms with van der Waals surface area (Å²) in [5.41, 5.74) is 3.84. The van der Waals surface area contributed by atoms with E-state index in [4.69, 9.17) is 4.52 Å². The molecule has 0 N–H and O–H groups in total. The van der Waals surface area contributed by atoms with Crippen molar-refractivity contribution >= 4 is 15.9 Å². The van der Waals surface area contributed by atoms with Crippen molar-refractivity contribution in [2.75, 3.05) is 39.8 Å². The van der Waals surface area contributed by atoms with E-state index in [1.165, 1.54) is 4.31 Å². The van der Waals surface area contributed by atoms with E-state index in [1.807, 2.05) is 45.7 Å². The molecule has 2 heterocycles. The maximum Gasteiger partial charge on any atom is 0.243 e. The summed E-state index contributed by atoms with van der Waals surface area (Å²) in [5, 5.41) is 3.95. The fourth-order valence-corrected chi connectivity index (χ4v) is 5.09. The molecule has 0 bridgehead atoms. The molecule has 30 heavy (non-hydrogen) atoms. The maximum absolute atomic E-state index is 12.9. The van der Waals surface area contributed by atoms with Gasteiger partial charge in [0, 0.05) is 38.3 Å². The van der Waals surface area contributed by atoms with Crippen molar-refractivity contribution in [3.63, 3.8) is 0 Å². The number of hydrogen-bond acceptors (Lipinski definition) is 6. The van der Waals surface area contributed by atoms with E-state index in [2.05, 4.69) is 5.16 Å². The molecule has 9 heteroatoms. The van der Waals surface area contributed by atoms with Gasteiger partial charge in [-0.2, -0.15) is 4.31 Å². The molecule has 0 unspecified atom stereocenters. The Morgan fingerprint density at radius 2 is 1.77 bits per heavy atom. The van der Waals surface area contributed by atoms with Gasteiger partial charge in [0.2, 0.25) is 15.9 Å². The molecule has 2 aromatic rings. The standard InChI is InChI=1S/C21H30N4O4S/c1-15-6-7-19(12-16(15)2)30(27,28)25-10-8-24(9-11-25)21(26)14-23(5)13-20-17(3)22-29-18(20)4/h6-7,12H,8-11,13-14H2,1-5H3. The Bertz CT molecular complexity index is 1000. The van der Waals surface area contributed by atoms with E-state index in [-0.39, 0.29) is 12.5 Å². The molecule has 1 saturated heterocycles. The lowest BCUT2D eigenvalue weighted by Gasteiger charge is -2.34. The van der Waals surface area contributed by atoms with Gasteiger partial charge in [-0.25, -0.2) is 8.42 Å². The molecule has 0 atom stereocenters. The highest BCUT2D eigenvalue weighted by molar-refractivity contribution is 7.89. The number of carbonyl (C=O) groups is 1. The summed E-state index contributed by atoms with van der Waals surface area (Å²) >= 11 is 0. The lowest BCUT2D eigenvalue weighted by molar-refractivity contribution is -0.133. The van der Waals surface area contributed by atoms with E-state index in [0.29, 0.717) is 37.6 Å². The van der Waals surface area contributed by atoms with Crippen molar-refractivity contribution in [1.82, 2.24) is 19.3 Å². The van der Waals surface area contributed by atoms with Gasteiger partial charge in [0.25, 0.3) is 0 Å². The van der Waals surface area contributed by atoms with Crippen LogP contribution in [0.1, 0.15) is 28.1 Å². The van der Waals surface area contributed by atoms with Crippen molar-refractivity contribution < 1.29 is 17.7 Å². The zero-order valence-corrected chi connectivity index (χ0v) is 19.1. The Morgan fingerprint density at radius 1 is 1.10 bits per heavy atom. The number of likely N-dealkylation sites (N-methyl/N-ethyl adjacent to an activating group) is 1. The summed E-state index contributed by atoms with van der Waals surface area (Å²) in [6, 6.07) is 5.20. The summed E-state index contributed by atoms with van der Waals surface area (Å²) in [5.74, 6) is 0.754. The van der Waals surface area contributed by atoms with Crippen LogP contribution in [0.25, 0.3) is 0 Å². The van der Waals surface area contributed by atoms with Crippen LogP contribution >= 0.6 is 0 Å². The molecule has 1 aliphatic rings. The van der Waals surface area contributed by atoms with E-state index < -0.39 is 10.0 Å². The van der Waals surface area contributed by atoms with Crippen molar-refractivity contribution in [3.8, 4) is 0 Å². The van der Waals surface area contributed by atoms with Crippen LogP contribution < -0.4 is 0 Å². The molecule has 8 nitrogen and oxygen atoms in total. The van der Waals surface area contributed by atoms with Crippen LogP contribution in [0.2, 0.25) is 0 Å². The Labute approximate surface area is 178 Å². The lowest BCUT2D eigenvalue weighted by atomic mass is 10.1. The van der Waals surface area contributed by atoms with Crippen LogP contribution in [0, 0.1) is 27.7 Å². The van der Waals surface area contributed by atoms with E-state index in [9.17, 15) is 13.2 Å². The number of rotatable bonds is 6. The molecule has 1 amide bonds. The summed E-state index contributed by atoms with van der Waals surface area (Å²) in [7, 11) is -1.67. The minimum atomic E-state index is -3.55. The molecule has 0 saturated carbocycles. The van der Waals surface area contributed by atoms with Crippen LogP contribution in [-0.4, -0.2) is 73.4 Å². The van der Waals surface area contributed by atoms with Gasteiger partial charge in [-0.3, -0.25) is 9.69 Å². The SMILES string of the molecule is Cc1ccc(S(=O)(=O)N2CCN(C(=O)CN(C)Cc3c(C)noc3C)CC2)cc1C. The van der Waals surface area contributed by atoms with Crippen molar-refractivity contribution in [2.24, 2.45) is 0 Å². The number of sulfonamides is 1. The third-order valence-corrected chi connectivity index (χ3v) is 7.62. The molecule has 1 aliphatic heterocycles. The molecule has 1 aromatic heterocycles. The van der Waals surface area contributed by atoms with Crippen LogP contribution in [0.15, 0.2) is 27.6 Å². The highest BCUT2D eigenvalue weighted by atomic mass is 32.2. The molecule has 0 radical (unpaired) electrons. The zero-order valence-electron chi connectivity index (χ0n) is 18.3. The summed E-state index contributed by atoms with van der Waals surface area (Å²) < 4.78 is 32.5. The summed E-state index contributed by atoms with van der Waals surface area (Å²) in [4.78, 5) is 16.7. The summed E-state index contributed by atoms with van der Waals surface area (Å²) in [6.45, 7) is 9.83. The Hall–Kier alpha value is -2.23. The first-order valence-electron chi connectivity index (χ1n) is 10.0. The molecular formula is C21H30N4O4S. The normalized spacial score (nSPS) is 15.7. The van der Waals surface area contributed by atoms with Gasteiger partial charge in [0.15, 0.2) is 0 Å². The smallest absolute Gasteiger partial charge is 0.243 e. The largest absolute Gasteiger partial charge is 0.361 e. The number of hydrogen-bond donors (Lipinski definition) is 0. The number of carbonyl (C=O) groups excluding carboxylic acids is 1. The van der Waals surface area contributed by atoms with Gasteiger partial charge in [-0.05, 0) is 58.0 Å². The van der Waals surface area contributed by atoms with Crippen molar-refractivity contribution in [3.05, 3.63) is 46.3 Å². The second-order valence-electron chi connectivity index (χ2n) is 8.01. The van der Waals surface area contributed by atoms with E-state index >= 15 is 0 Å². The third kappa shape index (κ3) is 4.74. The highest BCUT2D eigenvalue weighted by Gasteiger charge is 2.30. The van der Waals surface area contributed by atoms with Crippen molar-refractivity contribution in [1.29, 1.82) is 0 Å². The van der Waals surface area contributed by atoms with Crippen LogP contribution in [-0.2, 0) is 21.4 Å². The number of aromatic nitrogens is 1. The monoisotopic (exact) mass is 434 g/mol. The molecule has 0 spiro atoms. The van der Waals surface area contributed by atoms with Gasteiger partial charge >= 0.3 is 0 Å². The van der Waals surface area contributed by atoms with Crippen LogP contribution in [0.3, 0.4) is 0 Å². The van der Waals surface area contributed by atoms with Gasteiger partial charge < -0.3 is 9.42 Å². The van der Waals surface area contributed by atoms with Gasteiger partial charge in [-0.15, -0.1) is 0 Å². The average Bonchev–Trinajstić information content (AvgIpc) is 3.02. The van der Waals surface area contributed by atoms with Crippen LogP contribution in [0.4, 0.5) is 0 Å². The van der Waals surface area contributed by atoms with Crippen molar-refractivity contribution in [2.45, 2.75) is 39.1 Å².